The van der Waals surface area contributed by atoms with Crippen LogP contribution in [0.4, 0.5) is 11.4 Å². The molecule has 0 atom stereocenters. The maximum atomic E-state index is 9.80. The second-order valence-electron chi connectivity index (χ2n) is 12.0. The summed E-state index contributed by atoms with van der Waals surface area (Å²) in [5.41, 5.74) is 10.3. The first kappa shape index (κ1) is 29.6. The topological polar surface area (TPSA) is 72.0 Å². The fourth-order valence-electron chi connectivity index (χ4n) is 6.91. The van der Waals surface area contributed by atoms with Gasteiger partial charge in [0.1, 0.15) is 11.5 Å². The molecule has 0 saturated carbocycles. The van der Waals surface area contributed by atoms with Crippen LogP contribution in [0.2, 0.25) is 0 Å². The zero-order valence-corrected chi connectivity index (χ0v) is 27.0. The van der Waals surface area contributed by atoms with Crippen LogP contribution < -0.4 is 14.4 Å². The highest BCUT2D eigenvalue weighted by atomic mass is 16.5. The molecule has 0 bridgehead atoms. The highest BCUT2D eigenvalue weighted by Gasteiger charge is 2.16. The van der Waals surface area contributed by atoms with Gasteiger partial charge in [0.05, 0.1) is 49.5 Å². The predicted octanol–water partition coefficient (Wildman–Crippen LogP) is 8.65. The maximum absolute atomic E-state index is 9.80. The van der Waals surface area contributed by atoms with E-state index < -0.39 is 0 Å². The highest BCUT2D eigenvalue weighted by Crippen LogP contribution is 2.37. The molecule has 0 aliphatic heterocycles. The lowest BCUT2D eigenvalue weighted by atomic mass is 10.1. The summed E-state index contributed by atoms with van der Waals surface area (Å²) in [5, 5.41) is 23.9. The number of hydrogen-bond acceptors (Lipinski definition) is 5. The number of nitrogens with zero attached hydrogens (tertiary/aromatic N) is 3. The molecule has 8 aromatic rings. The van der Waals surface area contributed by atoms with E-state index in [1.807, 2.05) is 24.3 Å². The van der Waals surface area contributed by atoms with Crippen molar-refractivity contribution >= 4 is 55.0 Å². The Morgan fingerprint density at radius 3 is 1.19 bits per heavy atom. The first-order valence-electron chi connectivity index (χ1n) is 15.9. The van der Waals surface area contributed by atoms with Gasteiger partial charge in [0.15, 0.2) is 0 Å². The van der Waals surface area contributed by atoms with Crippen LogP contribution in [0.25, 0.3) is 55.0 Å². The molecule has 0 saturated heterocycles. The van der Waals surface area contributed by atoms with Crippen LogP contribution in [0.1, 0.15) is 11.1 Å². The third-order valence-electron chi connectivity index (χ3n) is 9.43. The van der Waals surface area contributed by atoms with Gasteiger partial charge in [0.2, 0.25) is 0 Å². The molecular weight excluding hydrogens is 598 g/mol. The van der Waals surface area contributed by atoms with Gasteiger partial charge in [-0.25, -0.2) is 0 Å². The summed E-state index contributed by atoms with van der Waals surface area (Å²) in [5.74, 6) is 1.60. The van der Waals surface area contributed by atoms with E-state index in [9.17, 15) is 10.2 Å². The van der Waals surface area contributed by atoms with E-state index in [0.29, 0.717) is 0 Å². The largest absolute Gasteiger partial charge is 0.497 e. The van der Waals surface area contributed by atoms with Crippen LogP contribution in [0.15, 0.2) is 121 Å². The van der Waals surface area contributed by atoms with Crippen LogP contribution in [0.3, 0.4) is 0 Å². The Hall–Kier alpha value is -5.76. The van der Waals surface area contributed by atoms with Gasteiger partial charge in [-0.15, -0.1) is 0 Å². The predicted molar refractivity (Wildman–Crippen MR) is 195 cm³/mol. The molecule has 0 amide bonds. The number of hydrogen-bond donors (Lipinski definition) is 2. The number of methoxy groups -OCH3 is 2. The molecule has 7 heteroatoms. The highest BCUT2D eigenvalue weighted by molar-refractivity contribution is 6.11. The van der Waals surface area contributed by atoms with Gasteiger partial charge in [-0.2, -0.15) is 0 Å². The number of ether oxygens (including phenoxy) is 2. The quantitative estimate of drug-likeness (QED) is 0.175. The smallest absolute Gasteiger partial charge is 0.119 e. The molecule has 0 aliphatic rings. The third kappa shape index (κ3) is 4.75. The van der Waals surface area contributed by atoms with Crippen molar-refractivity contribution in [3.63, 3.8) is 0 Å². The van der Waals surface area contributed by atoms with Crippen molar-refractivity contribution in [2.45, 2.75) is 13.2 Å². The summed E-state index contributed by atoms with van der Waals surface area (Å²) >= 11 is 0. The van der Waals surface area contributed by atoms with E-state index in [2.05, 4.69) is 118 Å². The van der Waals surface area contributed by atoms with Crippen molar-refractivity contribution in [1.29, 1.82) is 0 Å². The Bertz CT molecular complexity index is 2160. The van der Waals surface area contributed by atoms with Gasteiger partial charge in [0.25, 0.3) is 0 Å². The molecule has 8 rings (SSSR count). The van der Waals surface area contributed by atoms with Crippen LogP contribution in [-0.4, -0.2) is 40.6 Å². The average molecular weight is 634 g/mol. The summed E-state index contributed by atoms with van der Waals surface area (Å²) in [6.45, 7) is -0.0121. The van der Waals surface area contributed by atoms with E-state index >= 15 is 0 Å². The van der Waals surface area contributed by atoms with Crippen molar-refractivity contribution in [2.24, 2.45) is 0 Å². The monoisotopic (exact) mass is 633 g/mol. The van der Waals surface area contributed by atoms with Gasteiger partial charge in [0, 0.05) is 51.3 Å². The Kier molecular flexibility index (Phi) is 7.28. The first-order chi connectivity index (χ1) is 23.5. The molecule has 2 N–H and O–H groups in total. The molecule has 0 unspecified atom stereocenters. The molecule has 238 valence electrons. The molecule has 7 nitrogen and oxygen atoms in total. The SMILES string of the molecule is COc1ccc2c(c1)c1cc(CO)ccc1n2-c1ccc(N(C)c2ccc(-n3c4ccc(CO)cc4c4cc(OC)ccc43)cc2)cc1. The summed E-state index contributed by atoms with van der Waals surface area (Å²) in [6.07, 6.45) is 0. The van der Waals surface area contributed by atoms with Gasteiger partial charge in [-0.3, -0.25) is 0 Å². The van der Waals surface area contributed by atoms with Crippen molar-refractivity contribution in [2.75, 3.05) is 26.2 Å². The third-order valence-corrected chi connectivity index (χ3v) is 9.43. The number of aromatic nitrogens is 2. The Morgan fingerprint density at radius 2 is 0.833 bits per heavy atom. The lowest BCUT2D eigenvalue weighted by Gasteiger charge is -2.21. The molecule has 48 heavy (non-hydrogen) atoms. The molecular formula is C41H35N3O4. The van der Waals surface area contributed by atoms with E-state index in [4.69, 9.17) is 9.47 Å². The van der Waals surface area contributed by atoms with Crippen LogP contribution in [0.5, 0.6) is 11.5 Å². The molecule has 6 aromatic carbocycles. The fourth-order valence-corrected chi connectivity index (χ4v) is 6.91. The second kappa shape index (κ2) is 11.8. The van der Waals surface area contributed by atoms with Crippen LogP contribution >= 0.6 is 0 Å². The average Bonchev–Trinajstić information content (AvgIpc) is 3.65. The molecule has 0 aliphatic carbocycles. The number of anilines is 2. The maximum Gasteiger partial charge on any atom is 0.119 e. The summed E-state index contributed by atoms with van der Waals surface area (Å²) in [6, 6.07) is 41.7. The Morgan fingerprint density at radius 1 is 0.479 bits per heavy atom. The minimum absolute atomic E-state index is 0.00605. The lowest BCUT2D eigenvalue weighted by Crippen LogP contribution is -2.09. The van der Waals surface area contributed by atoms with Crippen molar-refractivity contribution in [1.82, 2.24) is 9.13 Å². The van der Waals surface area contributed by atoms with Crippen LogP contribution in [0, 0.1) is 0 Å². The number of aliphatic hydroxyl groups is 2. The minimum Gasteiger partial charge on any atom is -0.497 e. The fraction of sp³-hybridized carbons (Fsp3) is 0.122. The van der Waals surface area contributed by atoms with Crippen LogP contribution in [-0.2, 0) is 13.2 Å². The van der Waals surface area contributed by atoms with Gasteiger partial charge >= 0.3 is 0 Å². The first-order valence-corrected chi connectivity index (χ1v) is 15.9. The summed E-state index contributed by atoms with van der Waals surface area (Å²) in [7, 11) is 5.44. The normalized spacial score (nSPS) is 11.6. The standard InChI is InChI=1S/C41H35N3O4/c1-42(28-6-10-30(11-7-28)43-38-16-4-26(24-45)20-34(38)36-22-32(47-2)14-18-40(36)43)29-8-12-31(13-9-29)44-39-17-5-27(25-46)21-35(39)37-23-33(48-3)15-19-41(37)44/h4-23,45-46H,24-25H2,1-3H3. The van der Waals surface area contributed by atoms with Crippen molar-refractivity contribution in [3.8, 4) is 22.9 Å². The van der Waals surface area contributed by atoms with E-state index in [1.165, 1.54) is 0 Å². The molecule has 2 heterocycles. The zero-order valence-electron chi connectivity index (χ0n) is 27.0. The molecule has 0 radical (unpaired) electrons. The Balaban J connectivity index is 1.14. The lowest BCUT2D eigenvalue weighted by molar-refractivity contribution is 0.282. The van der Waals surface area contributed by atoms with E-state index in [-0.39, 0.29) is 13.2 Å². The second-order valence-corrected chi connectivity index (χ2v) is 12.0. The minimum atomic E-state index is -0.00605. The van der Waals surface area contributed by atoms with Crippen molar-refractivity contribution < 1.29 is 19.7 Å². The van der Waals surface area contributed by atoms with Crippen molar-refractivity contribution in [3.05, 3.63) is 132 Å². The van der Waals surface area contributed by atoms with Gasteiger partial charge < -0.3 is 33.7 Å². The Labute approximate surface area is 278 Å². The van der Waals surface area contributed by atoms with E-state index in [0.717, 1.165) is 89.0 Å². The number of fused-ring (bicyclic) bond motifs is 6. The molecule has 0 spiro atoms. The number of rotatable bonds is 8. The molecule has 0 fully saturated rings. The number of benzene rings is 6. The zero-order chi connectivity index (χ0) is 32.9. The molecule has 2 aromatic heterocycles. The summed E-state index contributed by atoms with van der Waals surface area (Å²) < 4.78 is 15.6. The number of aliphatic hydroxyl groups excluding tert-OH is 2. The summed E-state index contributed by atoms with van der Waals surface area (Å²) in [4.78, 5) is 2.18. The van der Waals surface area contributed by atoms with Gasteiger partial charge in [-0.05, 0) is 120 Å². The van der Waals surface area contributed by atoms with Gasteiger partial charge in [-0.1, -0.05) is 12.1 Å². The van der Waals surface area contributed by atoms with E-state index in [1.54, 1.807) is 14.2 Å².